The predicted molar refractivity (Wildman–Crippen MR) is 89.0 cm³/mol. The van der Waals surface area contributed by atoms with Crippen molar-refractivity contribution in [2.75, 3.05) is 11.1 Å². The number of benzene rings is 2. The molecule has 2 aromatic carbocycles. The standard InChI is InChI=1S/C14H16BrN3O2S/c1-2-9-7-10(15)3-5-13(9)18-11-4-6-14(12(16)8-11)21(17,19)20/h3-8,18H,2,16H2,1H3,(H2,17,19,20). The van der Waals surface area contributed by atoms with E-state index in [1.807, 2.05) is 18.2 Å². The molecule has 0 atom stereocenters. The lowest BCUT2D eigenvalue weighted by atomic mass is 10.1. The van der Waals surface area contributed by atoms with Crippen LogP contribution in [0.2, 0.25) is 0 Å². The van der Waals surface area contributed by atoms with Gasteiger partial charge in [-0.05, 0) is 48.4 Å². The normalized spacial score (nSPS) is 11.4. The zero-order valence-electron chi connectivity index (χ0n) is 11.4. The van der Waals surface area contributed by atoms with Crippen LogP contribution in [0.5, 0.6) is 0 Å². The Bertz CT molecular complexity index is 776. The van der Waals surface area contributed by atoms with E-state index >= 15 is 0 Å². The van der Waals surface area contributed by atoms with Crippen LogP contribution in [0.25, 0.3) is 0 Å². The first-order valence-corrected chi connectivity index (χ1v) is 8.63. The Morgan fingerprint density at radius 1 is 1.19 bits per heavy atom. The topological polar surface area (TPSA) is 98.2 Å². The molecule has 5 nitrogen and oxygen atoms in total. The van der Waals surface area contributed by atoms with Gasteiger partial charge < -0.3 is 11.1 Å². The number of rotatable bonds is 4. The van der Waals surface area contributed by atoms with Crippen LogP contribution in [0, 0.1) is 0 Å². The molecule has 5 N–H and O–H groups in total. The molecule has 0 saturated carbocycles. The molecule has 2 rings (SSSR count). The highest BCUT2D eigenvalue weighted by atomic mass is 79.9. The summed E-state index contributed by atoms with van der Waals surface area (Å²) >= 11 is 3.44. The maximum Gasteiger partial charge on any atom is 0.240 e. The summed E-state index contributed by atoms with van der Waals surface area (Å²) in [6.07, 6.45) is 0.868. The second kappa shape index (κ2) is 6.05. The molecule has 0 spiro atoms. The van der Waals surface area contributed by atoms with Crippen LogP contribution in [0.1, 0.15) is 12.5 Å². The Hall–Kier alpha value is -1.57. The van der Waals surface area contributed by atoms with E-state index < -0.39 is 10.0 Å². The van der Waals surface area contributed by atoms with E-state index in [2.05, 4.69) is 28.2 Å². The van der Waals surface area contributed by atoms with Crippen LogP contribution < -0.4 is 16.2 Å². The first-order valence-electron chi connectivity index (χ1n) is 6.29. The number of halogens is 1. The van der Waals surface area contributed by atoms with Crippen LogP contribution in [0.15, 0.2) is 45.8 Å². The maximum atomic E-state index is 11.3. The van der Waals surface area contributed by atoms with Crippen LogP contribution in [0.3, 0.4) is 0 Å². The fraction of sp³-hybridized carbons (Fsp3) is 0.143. The maximum absolute atomic E-state index is 11.3. The highest BCUT2D eigenvalue weighted by molar-refractivity contribution is 9.10. The molecule has 21 heavy (non-hydrogen) atoms. The van der Waals surface area contributed by atoms with Gasteiger partial charge in [0, 0.05) is 15.8 Å². The van der Waals surface area contributed by atoms with Crippen molar-refractivity contribution in [2.45, 2.75) is 18.2 Å². The number of nitrogen functional groups attached to an aromatic ring is 1. The Morgan fingerprint density at radius 3 is 2.48 bits per heavy atom. The third kappa shape index (κ3) is 3.75. The number of hydrogen-bond donors (Lipinski definition) is 3. The summed E-state index contributed by atoms with van der Waals surface area (Å²) in [6, 6.07) is 10.5. The van der Waals surface area contributed by atoms with E-state index in [0.29, 0.717) is 5.69 Å². The van der Waals surface area contributed by atoms with E-state index in [9.17, 15) is 8.42 Å². The summed E-state index contributed by atoms with van der Waals surface area (Å²) in [5, 5.41) is 8.32. The average Bonchev–Trinajstić information content (AvgIpc) is 2.39. The molecule has 0 bridgehead atoms. The van der Waals surface area contributed by atoms with E-state index in [4.69, 9.17) is 10.9 Å². The molecule has 0 radical (unpaired) electrons. The molecule has 0 unspecified atom stereocenters. The van der Waals surface area contributed by atoms with Gasteiger partial charge in [-0.3, -0.25) is 0 Å². The third-order valence-electron chi connectivity index (χ3n) is 3.04. The first-order chi connectivity index (χ1) is 9.81. The number of hydrogen-bond acceptors (Lipinski definition) is 4. The Balaban J connectivity index is 2.35. The van der Waals surface area contributed by atoms with Gasteiger partial charge in [0.05, 0.1) is 5.69 Å². The van der Waals surface area contributed by atoms with Crippen molar-refractivity contribution in [3.05, 3.63) is 46.4 Å². The molecule has 0 aliphatic heterocycles. The Kier molecular flexibility index (Phi) is 4.55. The molecular formula is C14H16BrN3O2S. The molecule has 112 valence electrons. The van der Waals surface area contributed by atoms with Crippen molar-refractivity contribution in [1.29, 1.82) is 0 Å². The van der Waals surface area contributed by atoms with Gasteiger partial charge in [-0.1, -0.05) is 22.9 Å². The van der Waals surface area contributed by atoms with Gasteiger partial charge in [0.25, 0.3) is 0 Å². The first kappa shape index (κ1) is 15.8. The zero-order valence-corrected chi connectivity index (χ0v) is 13.8. The van der Waals surface area contributed by atoms with Crippen molar-refractivity contribution in [1.82, 2.24) is 0 Å². The molecule has 7 heteroatoms. The van der Waals surface area contributed by atoms with E-state index in [1.165, 1.54) is 6.07 Å². The van der Waals surface area contributed by atoms with Crippen LogP contribution >= 0.6 is 15.9 Å². The van der Waals surface area contributed by atoms with Gasteiger partial charge in [-0.25, -0.2) is 13.6 Å². The summed E-state index contributed by atoms with van der Waals surface area (Å²) in [5.74, 6) is 0. The fourth-order valence-electron chi connectivity index (χ4n) is 2.02. The number of aryl methyl sites for hydroxylation is 1. The van der Waals surface area contributed by atoms with Gasteiger partial charge >= 0.3 is 0 Å². The van der Waals surface area contributed by atoms with Crippen LogP contribution in [-0.2, 0) is 16.4 Å². The zero-order chi connectivity index (χ0) is 15.6. The monoisotopic (exact) mass is 369 g/mol. The number of sulfonamides is 1. The smallest absolute Gasteiger partial charge is 0.240 e. The van der Waals surface area contributed by atoms with Gasteiger partial charge in [0.15, 0.2) is 0 Å². The Labute approximate surface area is 132 Å². The van der Waals surface area contributed by atoms with E-state index in [0.717, 1.165) is 22.1 Å². The van der Waals surface area contributed by atoms with Crippen LogP contribution in [-0.4, -0.2) is 8.42 Å². The summed E-state index contributed by atoms with van der Waals surface area (Å²) in [4.78, 5) is -0.0698. The minimum Gasteiger partial charge on any atom is -0.398 e. The van der Waals surface area contributed by atoms with Gasteiger partial charge in [0.2, 0.25) is 10.0 Å². The number of nitrogens with one attached hydrogen (secondary N) is 1. The van der Waals surface area contributed by atoms with Gasteiger partial charge in [-0.15, -0.1) is 0 Å². The second-order valence-corrected chi connectivity index (χ2v) is 7.02. The second-order valence-electron chi connectivity index (χ2n) is 4.58. The minimum absolute atomic E-state index is 0.0698. The highest BCUT2D eigenvalue weighted by Crippen LogP contribution is 2.27. The summed E-state index contributed by atoms with van der Waals surface area (Å²) in [5.41, 5.74) is 8.66. The van der Waals surface area contributed by atoms with Crippen molar-refractivity contribution in [3.63, 3.8) is 0 Å². The molecule has 0 aliphatic carbocycles. The number of primary sulfonamides is 1. The molecule has 0 aromatic heterocycles. The van der Waals surface area contributed by atoms with Gasteiger partial charge in [0.1, 0.15) is 4.90 Å². The van der Waals surface area contributed by atoms with Crippen molar-refractivity contribution < 1.29 is 8.42 Å². The SMILES string of the molecule is CCc1cc(Br)ccc1Nc1ccc(S(N)(=O)=O)c(N)c1. The highest BCUT2D eigenvalue weighted by Gasteiger charge is 2.12. The summed E-state index contributed by atoms with van der Waals surface area (Å²) < 4.78 is 23.7. The number of anilines is 3. The van der Waals surface area contributed by atoms with Crippen molar-refractivity contribution >= 4 is 43.0 Å². The minimum atomic E-state index is -3.80. The molecule has 0 fully saturated rings. The molecule has 2 aromatic rings. The molecule has 0 heterocycles. The van der Waals surface area contributed by atoms with Crippen molar-refractivity contribution in [2.24, 2.45) is 5.14 Å². The lowest BCUT2D eigenvalue weighted by Gasteiger charge is -2.13. The fourth-order valence-corrected chi connectivity index (χ4v) is 3.07. The van der Waals surface area contributed by atoms with Crippen molar-refractivity contribution in [3.8, 4) is 0 Å². The lowest BCUT2D eigenvalue weighted by molar-refractivity contribution is 0.598. The molecule has 0 aliphatic rings. The average molecular weight is 370 g/mol. The van der Waals surface area contributed by atoms with Crippen LogP contribution in [0.4, 0.5) is 17.1 Å². The molecule has 0 saturated heterocycles. The molecule has 0 amide bonds. The summed E-state index contributed by atoms with van der Waals surface area (Å²) in [6.45, 7) is 2.06. The van der Waals surface area contributed by atoms with E-state index in [1.54, 1.807) is 12.1 Å². The van der Waals surface area contributed by atoms with E-state index in [-0.39, 0.29) is 10.6 Å². The Morgan fingerprint density at radius 2 is 1.90 bits per heavy atom. The number of nitrogens with two attached hydrogens (primary N) is 2. The summed E-state index contributed by atoms with van der Waals surface area (Å²) in [7, 11) is -3.80. The largest absolute Gasteiger partial charge is 0.398 e. The third-order valence-corrected chi connectivity index (χ3v) is 4.52. The van der Waals surface area contributed by atoms with Gasteiger partial charge in [-0.2, -0.15) is 0 Å². The molecular weight excluding hydrogens is 354 g/mol. The lowest BCUT2D eigenvalue weighted by Crippen LogP contribution is -2.14. The predicted octanol–water partition coefficient (Wildman–Crippen LogP) is 2.98. The quantitative estimate of drug-likeness (QED) is 0.721.